The van der Waals surface area contributed by atoms with Gasteiger partial charge in [-0.15, -0.1) is 0 Å². The molecule has 0 radical (unpaired) electrons. The van der Waals surface area contributed by atoms with Gasteiger partial charge in [0.15, 0.2) is 0 Å². The molecule has 0 spiro atoms. The van der Waals surface area contributed by atoms with Crippen molar-refractivity contribution >= 4 is 52.6 Å². The molecule has 3 aromatic carbocycles. The van der Waals surface area contributed by atoms with E-state index in [0.29, 0.717) is 32.3 Å². The molecule has 0 amide bonds. The van der Waals surface area contributed by atoms with Crippen LogP contribution in [0.1, 0.15) is 0 Å². The molecule has 0 bridgehead atoms. The molecule has 0 aliphatic carbocycles. The first-order chi connectivity index (χ1) is 13.1. The fraction of sp³-hybridized carbons (Fsp3) is 0. The van der Waals surface area contributed by atoms with E-state index in [9.17, 15) is 0 Å². The van der Waals surface area contributed by atoms with Gasteiger partial charge in [-0.25, -0.2) is 0 Å². The van der Waals surface area contributed by atoms with E-state index in [2.05, 4.69) is 9.19 Å². The number of hydrogen-bond donors (Lipinski definition) is 0. The van der Waals surface area contributed by atoms with Gasteiger partial charge in [-0.1, -0.05) is 34.8 Å². The van der Waals surface area contributed by atoms with Crippen molar-refractivity contribution < 1.29 is 33.6 Å². The van der Waals surface area contributed by atoms with E-state index < -0.39 is 8.60 Å². The third-order valence-corrected chi connectivity index (χ3v) is 4.82. The summed E-state index contributed by atoms with van der Waals surface area (Å²) < 4.78 is 17.5. The summed E-state index contributed by atoms with van der Waals surface area (Å²) in [5, 5.41) is 1.86. The average molecular weight is 646 g/mol. The van der Waals surface area contributed by atoms with Crippen molar-refractivity contribution in [3.05, 3.63) is 87.9 Å². The van der Waals surface area contributed by atoms with Gasteiger partial charge < -0.3 is 13.6 Å². The van der Waals surface area contributed by atoms with Crippen LogP contribution in [0.15, 0.2) is 72.8 Å². The molecular weight excluding hydrogens is 634 g/mol. The molecule has 0 N–H and O–H groups in total. The van der Waals surface area contributed by atoms with Gasteiger partial charge in [-0.2, -0.15) is 0 Å². The standard InChI is InChI=1S/C18H12Cl3O3P.Au.ClH/c19-13-1-7-16(8-2-13)22-25(23-17-9-3-14(20)4-10-17)24-18-11-5-15(21)6-12-18;;/h1-12H;;1H/q;+1;/p-1. The molecule has 0 aliphatic heterocycles. The van der Waals surface area contributed by atoms with E-state index in [1.807, 2.05) is 0 Å². The van der Waals surface area contributed by atoms with Crippen molar-refractivity contribution in [2.75, 3.05) is 0 Å². The molecule has 3 aromatic rings. The fourth-order valence-electron chi connectivity index (χ4n) is 1.80. The fourth-order valence-corrected chi connectivity index (χ4v) is 3.17. The maximum atomic E-state index is 5.90. The molecule has 0 fully saturated rings. The maximum absolute atomic E-state index is 5.90. The van der Waals surface area contributed by atoms with E-state index in [1.54, 1.807) is 92.8 Å². The van der Waals surface area contributed by atoms with Crippen LogP contribution in [0.4, 0.5) is 0 Å². The molecule has 0 unspecified atom stereocenters. The van der Waals surface area contributed by atoms with Gasteiger partial charge in [0, 0.05) is 15.1 Å². The van der Waals surface area contributed by atoms with Crippen molar-refractivity contribution in [2.45, 2.75) is 0 Å². The molecule has 0 heterocycles. The predicted octanol–water partition coefficient (Wildman–Crippen LogP) is 8.10. The van der Waals surface area contributed by atoms with Crippen molar-refractivity contribution in [3.63, 3.8) is 0 Å². The van der Waals surface area contributed by atoms with E-state index in [-0.39, 0.29) is 0 Å². The molecule has 0 aliphatic rings. The van der Waals surface area contributed by atoms with Crippen LogP contribution in [-0.2, 0) is 20.0 Å². The van der Waals surface area contributed by atoms with Crippen LogP contribution in [0.2, 0.25) is 15.1 Å². The minimum atomic E-state index is -1.75. The molecule has 0 saturated heterocycles. The van der Waals surface area contributed by atoms with Crippen molar-refractivity contribution in [3.8, 4) is 17.2 Å². The summed E-state index contributed by atoms with van der Waals surface area (Å²) in [4.78, 5) is 0. The Balaban J connectivity index is 0.00000126. The van der Waals surface area contributed by atoms with Gasteiger partial charge in [0.2, 0.25) is 0 Å². The molecule has 0 aromatic heterocycles. The summed E-state index contributed by atoms with van der Waals surface area (Å²) in [6.07, 6.45) is 0. The molecule has 3 nitrogen and oxygen atoms in total. The summed E-state index contributed by atoms with van der Waals surface area (Å²) in [6.45, 7) is 0. The SMILES string of the molecule is Clc1ccc(OP(Oc2ccc(Cl)cc2)Oc2ccc(Cl)cc2)cc1.[Cl][Au]. The van der Waals surface area contributed by atoms with Gasteiger partial charge in [0.1, 0.15) is 17.2 Å². The average Bonchev–Trinajstić information content (AvgIpc) is 2.69. The summed E-state index contributed by atoms with van der Waals surface area (Å²) in [5.74, 6) is 1.75. The first-order valence-electron chi connectivity index (χ1n) is 7.31. The van der Waals surface area contributed by atoms with Crippen LogP contribution in [-0.4, -0.2) is 0 Å². The second kappa shape index (κ2) is 12.1. The zero-order valence-corrected chi connectivity index (χ0v) is 19.5. The molecule has 146 valence electrons. The first-order valence-corrected chi connectivity index (χ1v) is 12.2. The Morgan fingerprint density at radius 3 is 0.926 bits per heavy atom. The number of benzene rings is 3. The summed E-state index contributed by atoms with van der Waals surface area (Å²) >= 11 is 19.4. The normalized spacial score (nSPS) is 10.0. The number of rotatable bonds is 6. The van der Waals surface area contributed by atoms with Crippen LogP contribution in [0, 0.1) is 0 Å². The first kappa shape index (κ1) is 22.7. The number of halogens is 4. The van der Waals surface area contributed by atoms with E-state index in [4.69, 9.17) is 48.4 Å². The van der Waals surface area contributed by atoms with Crippen molar-refractivity contribution in [2.24, 2.45) is 0 Å². The number of hydrogen-bond acceptors (Lipinski definition) is 3. The quantitative estimate of drug-likeness (QED) is 0.200. The van der Waals surface area contributed by atoms with Crippen LogP contribution in [0.5, 0.6) is 17.2 Å². The Morgan fingerprint density at radius 2 is 0.704 bits per heavy atom. The summed E-state index contributed by atoms with van der Waals surface area (Å²) in [5.41, 5.74) is 0. The molecular formula is C18H12AuCl4O3P. The minimum absolute atomic E-state index is 0.582. The van der Waals surface area contributed by atoms with Gasteiger partial charge in [0.05, 0.1) is 0 Å². The Morgan fingerprint density at radius 1 is 0.481 bits per heavy atom. The van der Waals surface area contributed by atoms with Crippen molar-refractivity contribution in [1.29, 1.82) is 0 Å². The topological polar surface area (TPSA) is 27.7 Å². The molecule has 9 heteroatoms. The van der Waals surface area contributed by atoms with E-state index in [0.717, 1.165) is 0 Å². The zero-order valence-electron chi connectivity index (χ0n) is 13.4. The van der Waals surface area contributed by atoms with Gasteiger partial charge in [-0.3, -0.25) is 0 Å². The third kappa shape index (κ3) is 8.11. The molecule has 3 rings (SSSR count). The molecule has 0 saturated carbocycles. The second-order valence-corrected chi connectivity index (χ2v) is 7.16. The Kier molecular flexibility index (Phi) is 10.1. The predicted molar refractivity (Wildman–Crippen MR) is 109 cm³/mol. The molecule has 0 atom stereocenters. The second-order valence-electron chi connectivity index (χ2n) is 4.86. The van der Waals surface area contributed by atoms with Gasteiger partial charge >= 0.3 is 37.8 Å². The van der Waals surface area contributed by atoms with E-state index in [1.165, 1.54) is 0 Å². The Bertz CT molecular complexity index is 705. The zero-order chi connectivity index (χ0) is 19.6. The van der Waals surface area contributed by atoms with Crippen LogP contribution in [0.25, 0.3) is 0 Å². The summed E-state index contributed by atoms with van der Waals surface area (Å²) in [7, 11) is 2.84. The van der Waals surface area contributed by atoms with Gasteiger partial charge in [0.25, 0.3) is 0 Å². The van der Waals surface area contributed by atoms with Crippen LogP contribution < -0.4 is 13.6 Å². The Labute approximate surface area is 190 Å². The molecule has 27 heavy (non-hydrogen) atoms. The third-order valence-electron chi connectivity index (χ3n) is 2.98. The van der Waals surface area contributed by atoms with Crippen molar-refractivity contribution in [1.82, 2.24) is 0 Å². The van der Waals surface area contributed by atoms with Crippen LogP contribution >= 0.6 is 52.6 Å². The Hall–Kier alpha value is -0.610. The monoisotopic (exact) mass is 644 g/mol. The van der Waals surface area contributed by atoms with Crippen LogP contribution in [0.3, 0.4) is 0 Å². The summed E-state index contributed by atoms with van der Waals surface area (Å²) in [6, 6.07) is 20.9. The van der Waals surface area contributed by atoms with E-state index >= 15 is 0 Å². The van der Waals surface area contributed by atoms with Gasteiger partial charge in [-0.05, 0) is 72.8 Å².